The Kier molecular flexibility index (Phi) is 4.44. The van der Waals surface area contributed by atoms with Gasteiger partial charge >= 0.3 is 5.97 Å². The summed E-state index contributed by atoms with van der Waals surface area (Å²) in [6.07, 6.45) is 0. The SMILES string of the molecule is CC1=C(C(=O)O)N2C(=O)C(NC(=O)C(N)c3ccccc3O)C2SC1. The van der Waals surface area contributed by atoms with Crippen molar-refractivity contribution in [1.82, 2.24) is 10.2 Å². The van der Waals surface area contributed by atoms with Gasteiger partial charge in [-0.05, 0) is 18.6 Å². The molecule has 3 atom stereocenters. The van der Waals surface area contributed by atoms with Crippen molar-refractivity contribution in [3.05, 3.63) is 41.1 Å². The van der Waals surface area contributed by atoms with E-state index in [2.05, 4.69) is 5.32 Å². The highest BCUT2D eigenvalue weighted by Gasteiger charge is 2.53. The molecule has 1 fully saturated rings. The predicted molar refractivity (Wildman–Crippen MR) is 90.4 cm³/mol. The first-order valence-corrected chi connectivity index (χ1v) is 8.59. The number of aromatic hydroxyl groups is 1. The maximum atomic E-state index is 12.3. The summed E-state index contributed by atoms with van der Waals surface area (Å²) in [5.74, 6) is -1.89. The molecule has 0 aromatic heterocycles. The molecule has 1 aromatic rings. The molecular weight excluding hydrogens is 346 g/mol. The lowest BCUT2D eigenvalue weighted by molar-refractivity contribution is -0.150. The number of carboxylic acid groups (broad SMARTS) is 1. The molecule has 8 nitrogen and oxygen atoms in total. The van der Waals surface area contributed by atoms with Gasteiger partial charge in [0.15, 0.2) is 0 Å². The average Bonchev–Trinajstić information content (AvgIpc) is 2.58. The van der Waals surface area contributed by atoms with E-state index >= 15 is 0 Å². The third kappa shape index (κ3) is 2.85. The van der Waals surface area contributed by atoms with Gasteiger partial charge in [0.2, 0.25) is 5.91 Å². The molecule has 3 rings (SSSR count). The second-order valence-corrected chi connectivity index (χ2v) is 6.97. The lowest BCUT2D eigenvalue weighted by Gasteiger charge is -2.49. The van der Waals surface area contributed by atoms with Crippen LogP contribution in [0, 0.1) is 0 Å². The van der Waals surface area contributed by atoms with Gasteiger partial charge < -0.3 is 21.3 Å². The molecule has 2 heterocycles. The van der Waals surface area contributed by atoms with Crippen molar-refractivity contribution in [2.24, 2.45) is 5.73 Å². The molecule has 9 heteroatoms. The van der Waals surface area contributed by atoms with Gasteiger partial charge in [0, 0.05) is 11.3 Å². The minimum atomic E-state index is -1.16. The van der Waals surface area contributed by atoms with Crippen LogP contribution in [-0.4, -0.2) is 50.1 Å². The van der Waals surface area contributed by atoms with E-state index in [1.54, 1.807) is 19.1 Å². The fourth-order valence-electron chi connectivity index (χ4n) is 2.91. The number of nitrogens with zero attached hydrogens (tertiary/aromatic N) is 1. The number of benzene rings is 1. The van der Waals surface area contributed by atoms with Crippen molar-refractivity contribution in [3.63, 3.8) is 0 Å². The zero-order chi connectivity index (χ0) is 18.3. The number of phenols is 1. The molecule has 2 amide bonds. The van der Waals surface area contributed by atoms with Crippen molar-refractivity contribution >= 4 is 29.5 Å². The number of phenolic OH excluding ortho intramolecular Hbond substituents is 1. The normalized spacial score (nSPS) is 23.6. The summed E-state index contributed by atoms with van der Waals surface area (Å²) >= 11 is 1.39. The number of thioether (sulfide) groups is 1. The van der Waals surface area contributed by atoms with Gasteiger partial charge in [-0.1, -0.05) is 18.2 Å². The molecule has 0 spiro atoms. The Morgan fingerprint density at radius 1 is 1.40 bits per heavy atom. The Bertz CT molecular complexity index is 794. The van der Waals surface area contributed by atoms with E-state index in [-0.39, 0.29) is 17.0 Å². The molecule has 1 saturated heterocycles. The fourth-order valence-corrected chi connectivity index (χ4v) is 4.20. The quantitative estimate of drug-likeness (QED) is 0.560. The van der Waals surface area contributed by atoms with Crippen LogP contribution >= 0.6 is 11.8 Å². The summed E-state index contributed by atoms with van der Waals surface area (Å²) in [4.78, 5) is 37.2. The van der Waals surface area contributed by atoms with Crippen LogP contribution in [0.5, 0.6) is 5.75 Å². The highest BCUT2D eigenvalue weighted by molar-refractivity contribution is 8.00. The lowest BCUT2D eigenvalue weighted by Crippen LogP contribution is -2.71. The van der Waals surface area contributed by atoms with Crippen molar-refractivity contribution in [2.75, 3.05) is 5.75 Å². The fraction of sp³-hybridized carbons (Fsp3) is 0.312. The number of nitrogens with two attached hydrogens (primary N) is 1. The summed E-state index contributed by atoms with van der Waals surface area (Å²) in [7, 11) is 0. The largest absolute Gasteiger partial charge is 0.508 e. The van der Waals surface area contributed by atoms with Gasteiger partial charge in [0.1, 0.15) is 28.9 Å². The topological polar surface area (TPSA) is 133 Å². The molecule has 2 aliphatic rings. The number of nitrogens with one attached hydrogen (secondary N) is 1. The molecule has 5 N–H and O–H groups in total. The minimum absolute atomic E-state index is 0.0238. The maximum Gasteiger partial charge on any atom is 0.352 e. The average molecular weight is 363 g/mol. The number of carbonyl (C=O) groups excluding carboxylic acids is 2. The Morgan fingerprint density at radius 3 is 2.72 bits per heavy atom. The number of aliphatic carboxylic acids is 1. The highest BCUT2D eigenvalue weighted by atomic mass is 32.2. The highest BCUT2D eigenvalue weighted by Crippen LogP contribution is 2.40. The summed E-state index contributed by atoms with van der Waals surface area (Å²) in [6.45, 7) is 1.67. The smallest absolute Gasteiger partial charge is 0.352 e. The Labute approximate surface area is 147 Å². The van der Waals surface area contributed by atoms with Crippen LogP contribution in [0.1, 0.15) is 18.5 Å². The molecule has 0 radical (unpaired) electrons. The van der Waals surface area contributed by atoms with Crippen LogP contribution < -0.4 is 11.1 Å². The number of hydrogen-bond donors (Lipinski definition) is 4. The van der Waals surface area contributed by atoms with Gasteiger partial charge in [-0.15, -0.1) is 11.8 Å². The van der Waals surface area contributed by atoms with Crippen LogP contribution in [0.15, 0.2) is 35.5 Å². The third-order valence-corrected chi connectivity index (χ3v) is 5.64. The van der Waals surface area contributed by atoms with Crippen molar-refractivity contribution < 1.29 is 24.6 Å². The van der Waals surface area contributed by atoms with Crippen LogP contribution in [0.2, 0.25) is 0 Å². The van der Waals surface area contributed by atoms with E-state index in [0.717, 1.165) is 0 Å². The molecule has 25 heavy (non-hydrogen) atoms. The Hall–Kier alpha value is -2.52. The molecule has 0 bridgehead atoms. The van der Waals surface area contributed by atoms with Gasteiger partial charge in [-0.25, -0.2) is 4.79 Å². The number of β-lactam (4-membered cyclic amide) rings is 1. The maximum absolute atomic E-state index is 12.3. The Balaban J connectivity index is 1.73. The van der Waals surface area contributed by atoms with E-state index in [0.29, 0.717) is 11.3 Å². The van der Waals surface area contributed by atoms with E-state index in [9.17, 15) is 24.6 Å². The molecular formula is C16H17N3O5S. The van der Waals surface area contributed by atoms with Crippen LogP contribution in [0.3, 0.4) is 0 Å². The standard InChI is InChI=1S/C16H17N3O5S/c1-7-6-25-15-11(14(22)19(15)12(7)16(23)24)18-13(21)10(17)8-4-2-3-5-9(8)20/h2-5,10-11,15,20H,6,17H2,1H3,(H,18,21)(H,23,24). The molecule has 1 aromatic carbocycles. The van der Waals surface area contributed by atoms with Crippen LogP contribution in [0.4, 0.5) is 0 Å². The van der Waals surface area contributed by atoms with E-state index in [1.165, 1.54) is 28.8 Å². The van der Waals surface area contributed by atoms with E-state index in [1.807, 2.05) is 0 Å². The van der Waals surface area contributed by atoms with Crippen LogP contribution in [-0.2, 0) is 14.4 Å². The lowest BCUT2D eigenvalue weighted by atomic mass is 10.0. The molecule has 0 aliphatic carbocycles. The number of rotatable bonds is 4. The van der Waals surface area contributed by atoms with Gasteiger partial charge in [0.25, 0.3) is 5.91 Å². The van der Waals surface area contributed by atoms with Gasteiger partial charge in [-0.3, -0.25) is 14.5 Å². The summed E-state index contributed by atoms with van der Waals surface area (Å²) < 4.78 is 0. The first-order valence-electron chi connectivity index (χ1n) is 7.54. The predicted octanol–water partition coefficient (Wildman–Crippen LogP) is 0.151. The van der Waals surface area contributed by atoms with Crippen molar-refractivity contribution in [3.8, 4) is 5.75 Å². The summed E-state index contributed by atoms with van der Waals surface area (Å²) in [6, 6.07) is 4.23. The van der Waals surface area contributed by atoms with Crippen LogP contribution in [0.25, 0.3) is 0 Å². The zero-order valence-corrected chi connectivity index (χ0v) is 14.1. The monoisotopic (exact) mass is 363 g/mol. The number of carboxylic acids is 1. The summed E-state index contributed by atoms with van der Waals surface area (Å²) in [5, 5.41) is 21.2. The second kappa shape index (κ2) is 6.41. The van der Waals surface area contributed by atoms with E-state index in [4.69, 9.17) is 5.73 Å². The molecule has 132 valence electrons. The number of fused-ring (bicyclic) bond motifs is 1. The minimum Gasteiger partial charge on any atom is -0.508 e. The third-order valence-electron chi connectivity index (χ3n) is 4.21. The number of carbonyl (C=O) groups is 3. The van der Waals surface area contributed by atoms with Gasteiger partial charge in [-0.2, -0.15) is 0 Å². The van der Waals surface area contributed by atoms with Crippen molar-refractivity contribution in [2.45, 2.75) is 24.4 Å². The van der Waals surface area contributed by atoms with Gasteiger partial charge in [0.05, 0.1) is 0 Å². The zero-order valence-electron chi connectivity index (χ0n) is 13.3. The number of para-hydroxylation sites is 1. The first-order chi connectivity index (χ1) is 11.8. The summed E-state index contributed by atoms with van der Waals surface area (Å²) in [5.41, 5.74) is 6.71. The van der Waals surface area contributed by atoms with E-state index < -0.39 is 35.2 Å². The van der Waals surface area contributed by atoms with Crippen molar-refractivity contribution in [1.29, 1.82) is 0 Å². The first kappa shape index (κ1) is 17.3. The molecule has 0 saturated carbocycles. The number of hydrogen-bond acceptors (Lipinski definition) is 6. The Morgan fingerprint density at radius 2 is 2.08 bits per heavy atom. The number of amides is 2. The second-order valence-electron chi connectivity index (χ2n) is 5.87. The molecule has 3 unspecified atom stereocenters. The molecule has 2 aliphatic heterocycles.